The number of methoxy groups -OCH3 is 1. The number of hydrogen-bond acceptors (Lipinski definition) is 6. The molecule has 0 aliphatic carbocycles. The van der Waals surface area contributed by atoms with Crippen LogP contribution in [0.3, 0.4) is 0 Å². The van der Waals surface area contributed by atoms with Crippen molar-refractivity contribution < 1.29 is 18.7 Å². The van der Waals surface area contributed by atoms with E-state index in [2.05, 4.69) is 9.72 Å². The first-order valence-electron chi connectivity index (χ1n) is 6.88. The molecule has 4 aromatic rings. The summed E-state index contributed by atoms with van der Waals surface area (Å²) in [7, 11) is 1.32. The van der Waals surface area contributed by atoms with Gasteiger partial charge in [-0.2, -0.15) is 0 Å². The van der Waals surface area contributed by atoms with Crippen molar-refractivity contribution in [1.82, 2.24) is 4.98 Å². The molecule has 114 valence electrons. The van der Waals surface area contributed by atoms with Gasteiger partial charge in [-0.1, -0.05) is 23.5 Å². The molecule has 0 unspecified atom stereocenters. The average Bonchev–Trinajstić information content (AvgIpc) is 3.16. The van der Waals surface area contributed by atoms with Crippen molar-refractivity contribution in [3.63, 3.8) is 0 Å². The van der Waals surface area contributed by atoms with Gasteiger partial charge < -0.3 is 13.9 Å². The number of carbonyl (C=O) groups is 1. The van der Waals surface area contributed by atoms with Gasteiger partial charge in [-0.05, 0) is 36.4 Å². The van der Waals surface area contributed by atoms with Crippen LogP contribution in [-0.4, -0.2) is 18.1 Å². The number of fused-ring (bicyclic) bond motifs is 2. The van der Waals surface area contributed by atoms with Gasteiger partial charge in [0, 0.05) is 5.39 Å². The Hall–Kier alpha value is -2.86. The minimum absolute atomic E-state index is 0.166. The summed E-state index contributed by atoms with van der Waals surface area (Å²) in [5.41, 5.74) is 1.51. The van der Waals surface area contributed by atoms with Gasteiger partial charge in [-0.3, -0.25) is 0 Å². The number of hydrogen-bond donors (Lipinski definition) is 0. The number of ether oxygens (including phenoxy) is 2. The molecule has 0 saturated carbocycles. The molecule has 0 aliphatic rings. The number of aromatic nitrogens is 1. The van der Waals surface area contributed by atoms with Crippen molar-refractivity contribution >= 4 is 38.5 Å². The monoisotopic (exact) mass is 325 g/mol. The van der Waals surface area contributed by atoms with Crippen molar-refractivity contribution in [1.29, 1.82) is 0 Å². The maximum Gasteiger partial charge on any atom is 0.373 e. The van der Waals surface area contributed by atoms with Crippen molar-refractivity contribution in [3.8, 4) is 10.9 Å². The first-order chi connectivity index (χ1) is 11.2. The van der Waals surface area contributed by atoms with Crippen LogP contribution in [0.15, 0.2) is 52.9 Å². The van der Waals surface area contributed by atoms with Crippen LogP contribution in [0.1, 0.15) is 10.6 Å². The van der Waals surface area contributed by atoms with Crippen LogP contribution in [-0.2, 0) is 4.74 Å². The third-order valence-electron chi connectivity index (χ3n) is 3.35. The van der Waals surface area contributed by atoms with Crippen molar-refractivity contribution in [2.45, 2.75) is 0 Å². The highest BCUT2D eigenvalue weighted by molar-refractivity contribution is 7.20. The van der Waals surface area contributed by atoms with Crippen molar-refractivity contribution in [2.75, 3.05) is 7.11 Å². The molecule has 4 rings (SSSR count). The lowest BCUT2D eigenvalue weighted by Crippen LogP contribution is -1.97. The van der Waals surface area contributed by atoms with Gasteiger partial charge in [0.25, 0.3) is 5.19 Å². The largest absolute Gasteiger partial charge is 0.463 e. The van der Waals surface area contributed by atoms with Crippen LogP contribution in [0.25, 0.3) is 21.2 Å². The molecule has 2 aromatic carbocycles. The zero-order valence-electron chi connectivity index (χ0n) is 12.1. The Kier molecular flexibility index (Phi) is 3.24. The Morgan fingerprint density at radius 3 is 2.87 bits per heavy atom. The van der Waals surface area contributed by atoms with Crippen LogP contribution in [0, 0.1) is 0 Å². The van der Waals surface area contributed by atoms with Gasteiger partial charge in [0.2, 0.25) is 5.76 Å². The molecule has 0 fully saturated rings. The van der Waals surface area contributed by atoms with E-state index < -0.39 is 5.97 Å². The van der Waals surface area contributed by atoms with Gasteiger partial charge in [0.1, 0.15) is 11.3 Å². The van der Waals surface area contributed by atoms with Gasteiger partial charge in [-0.25, -0.2) is 9.78 Å². The van der Waals surface area contributed by atoms with Gasteiger partial charge in [0.15, 0.2) is 0 Å². The highest BCUT2D eigenvalue weighted by Crippen LogP contribution is 2.33. The second-order valence-corrected chi connectivity index (χ2v) is 5.84. The summed E-state index contributed by atoms with van der Waals surface area (Å²) < 4.78 is 17.0. The molecule has 0 aliphatic heterocycles. The summed E-state index contributed by atoms with van der Waals surface area (Å²) in [5, 5.41) is 1.34. The summed E-state index contributed by atoms with van der Waals surface area (Å²) in [5.74, 6) is 0.295. The fourth-order valence-corrected chi connectivity index (χ4v) is 3.12. The van der Waals surface area contributed by atoms with Crippen LogP contribution >= 0.6 is 11.3 Å². The number of nitrogens with zero attached hydrogens (tertiary/aromatic N) is 1. The molecular formula is C17H11NO4S. The molecule has 0 radical (unpaired) electrons. The van der Waals surface area contributed by atoms with E-state index in [-0.39, 0.29) is 5.76 Å². The Bertz CT molecular complexity index is 985. The van der Waals surface area contributed by atoms with E-state index in [1.807, 2.05) is 24.3 Å². The number of rotatable bonds is 3. The minimum atomic E-state index is -0.505. The number of furan rings is 1. The Balaban J connectivity index is 1.67. The third-order valence-corrected chi connectivity index (χ3v) is 4.27. The molecule has 2 aromatic heterocycles. The highest BCUT2D eigenvalue weighted by atomic mass is 32.1. The molecule has 0 amide bonds. The van der Waals surface area contributed by atoms with Crippen molar-refractivity contribution in [2.24, 2.45) is 0 Å². The second kappa shape index (κ2) is 5.40. The Labute approximate surface area is 135 Å². The maximum atomic E-state index is 11.5. The van der Waals surface area contributed by atoms with E-state index >= 15 is 0 Å². The zero-order valence-corrected chi connectivity index (χ0v) is 12.9. The van der Waals surface area contributed by atoms with E-state index in [1.165, 1.54) is 18.4 Å². The minimum Gasteiger partial charge on any atom is -0.463 e. The number of esters is 1. The molecule has 2 heterocycles. The van der Waals surface area contributed by atoms with E-state index in [1.54, 1.807) is 24.3 Å². The Morgan fingerprint density at radius 2 is 2.04 bits per heavy atom. The summed E-state index contributed by atoms with van der Waals surface area (Å²) in [4.78, 5) is 15.9. The number of benzene rings is 2. The Morgan fingerprint density at radius 1 is 1.17 bits per heavy atom. The standard InChI is InChI=1S/C17H11NO4S/c1-20-16(19)14-9-10-8-11(6-7-13(10)22-14)21-17-18-12-4-2-3-5-15(12)23-17/h2-9H,1H3. The summed E-state index contributed by atoms with van der Waals surface area (Å²) in [6.45, 7) is 0. The molecular weight excluding hydrogens is 314 g/mol. The topological polar surface area (TPSA) is 61.6 Å². The second-order valence-electron chi connectivity index (χ2n) is 4.85. The average molecular weight is 325 g/mol. The number of thiazole rings is 1. The lowest BCUT2D eigenvalue weighted by molar-refractivity contribution is 0.0567. The van der Waals surface area contributed by atoms with Crippen LogP contribution in [0.5, 0.6) is 10.9 Å². The predicted octanol–water partition coefficient (Wildman–Crippen LogP) is 4.62. The lowest BCUT2D eigenvalue weighted by Gasteiger charge is -2.00. The van der Waals surface area contributed by atoms with Crippen LogP contribution in [0.2, 0.25) is 0 Å². The summed E-state index contributed by atoms with van der Waals surface area (Å²) >= 11 is 1.48. The predicted molar refractivity (Wildman–Crippen MR) is 87.2 cm³/mol. The van der Waals surface area contributed by atoms with E-state index in [0.29, 0.717) is 16.5 Å². The molecule has 0 spiro atoms. The third kappa shape index (κ3) is 2.53. The van der Waals surface area contributed by atoms with E-state index in [9.17, 15) is 4.79 Å². The number of para-hydroxylation sites is 1. The molecule has 23 heavy (non-hydrogen) atoms. The zero-order chi connectivity index (χ0) is 15.8. The SMILES string of the molecule is COC(=O)c1cc2cc(Oc3nc4ccccc4s3)ccc2o1. The molecule has 0 bridgehead atoms. The fourth-order valence-electron chi connectivity index (χ4n) is 2.28. The smallest absolute Gasteiger partial charge is 0.373 e. The van der Waals surface area contributed by atoms with Crippen molar-refractivity contribution in [3.05, 3.63) is 54.3 Å². The highest BCUT2D eigenvalue weighted by Gasteiger charge is 2.13. The molecule has 5 nitrogen and oxygen atoms in total. The first kappa shape index (κ1) is 13.8. The maximum absolute atomic E-state index is 11.5. The molecule has 0 saturated heterocycles. The van der Waals surface area contributed by atoms with Gasteiger partial charge in [-0.15, -0.1) is 0 Å². The van der Waals surface area contributed by atoms with Crippen LogP contribution < -0.4 is 4.74 Å². The van der Waals surface area contributed by atoms with Gasteiger partial charge in [0.05, 0.1) is 17.3 Å². The molecule has 0 N–H and O–H groups in total. The fraction of sp³-hybridized carbons (Fsp3) is 0.0588. The van der Waals surface area contributed by atoms with Crippen LogP contribution in [0.4, 0.5) is 0 Å². The molecule has 0 atom stereocenters. The summed E-state index contributed by atoms with van der Waals surface area (Å²) in [6, 6.07) is 14.8. The van der Waals surface area contributed by atoms with E-state index in [0.717, 1.165) is 15.6 Å². The molecule has 6 heteroatoms. The lowest BCUT2D eigenvalue weighted by atomic mass is 10.2. The quantitative estimate of drug-likeness (QED) is 0.514. The summed E-state index contributed by atoms with van der Waals surface area (Å²) in [6.07, 6.45) is 0. The number of carbonyl (C=O) groups excluding carboxylic acids is 1. The normalized spacial score (nSPS) is 11.0. The first-order valence-corrected chi connectivity index (χ1v) is 7.70. The van der Waals surface area contributed by atoms with Gasteiger partial charge >= 0.3 is 5.97 Å². The van der Waals surface area contributed by atoms with E-state index in [4.69, 9.17) is 9.15 Å².